The average molecular weight is 661 g/mol. The van der Waals surface area contributed by atoms with Gasteiger partial charge in [-0.1, -0.05) is 0 Å². The Morgan fingerprint density at radius 1 is 0.767 bits per heavy atom. The predicted molar refractivity (Wildman–Crippen MR) is 188 cm³/mol. The van der Waals surface area contributed by atoms with Crippen molar-refractivity contribution in [2.75, 3.05) is 0 Å². The van der Waals surface area contributed by atoms with Gasteiger partial charge in [0.15, 0.2) is 0 Å². The molecular formula is C41H49SiZr. The Kier molecular flexibility index (Phi) is 8.27. The van der Waals surface area contributed by atoms with Crippen LogP contribution < -0.4 is 3.27 Å². The summed E-state index contributed by atoms with van der Waals surface area (Å²) in [5, 5.41) is 0. The number of allylic oxidation sites excluding steroid dienone is 1. The summed E-state index contributed by atoms with van der Waals surface area (Å²) in [5.41, 5.74) is 17.3. The van der Waals surface area contributed by atoms with Gasteiger partial charge in [-0.3, -0.25) is 0 Å². The molecule has 0 fully saturated rings. The zero-order valence-electron chi connectivity index (χ0n) is 27.9. The van der Waals surface area contributed by atoms with Crippen LogP contribution in [0.25, 0.3) is 28.3 Å². The molecule has 4 aromatic carbocycles. The van der Waals surface area contributed by atoms with E-state index in [1.165, 1.54) is 46.2 Å². The third kappa shape index (κ3) is 5.57. The van der Waals surface area contributed by atoms with Crippen LogP contribution >= 0.6 is 0 Å². The maximum absolute atomic E-state index is 2.70. The first-order valence-electron chi connectivity index (χ1n) is 16.5. The first-order valence-corrected chi connectivity index (χ1v) is 26.3. The second kappa shape index (κ2) is 11.6. The Bertz CT molecular complexity index is 1690. The van der Waals surface area contributed by atoms with Gasteiger partial charge >= 0.3 is 272 Å². The summed E-state index contributed by atoms with van der Waals surface area (Å²) in [5.74, 6) is -0.991. The summed E-state index contributed by atoms with van der Waals surface area (Å²) in [6.45, 7) is 22.2. The summed E-state index contributed by atoms with van der Waals surface area (Å²) in [6.07, 6.45) is 6.18. The molecule has 0 bridgehead atoms. The van der Waals surface area contributed by atoms with Gasteiger partial charge in [0.05, 0.1) is 0 Å². The van der Waals surface area contributed by atoms with E-state index in [-0.39, 0.29) is 10.8 Å². The second-order valence-electron chi connectivity index (χ2n) is 15.2. The Hall–Kier alpha value is -2.28. The molecule has 221 valence electrons. The molecule has 43 heavy (non-hydrogen) atoms. The Labute approximate surface area is 269 Å². The molecule has 0 amide bonds. The van der Waals surface area contributed by atoms with E-state index in [1.54, 1.807) is 27.8 Å². The monoisotopic (exact) mass is 659 g/mol. The summed E-state index contributed by atoms with van der Waals surface area (Å²) < 4.78 is 2.53. The molecule has 0 saturated carbocycles. The van der Waals surface area contributed by atoms with Crippen LogP contribution in [-0.2, 0) is 38.2 Å². The number of hydrogen-bond acceptors (Lipinski definition) is 0. The first-order chi connectivity index (χ1) is 20.4. The third-order valence-electron chi connectivity index (χ3n) is 9.75. The van der Waals surface area contributed by atoms with Gasteiger partial charge in [0, 0.05) is 0 Å². The second-order valence-corrected chi connectivity index (χ2v) is 34.6. The Morgan fingerprint density at radius 3 is 2.14 bits per heavy atom. The van der Waals surface area contributed by atoms with Crippen molar-refractivity contribution < 1.29 is 20.9 Å². The molecule has 2 heteroatoms. The van der Waals surface area contributed by atoms with E-state index in [4.69, 9.17) is 0 Å². The van der Waals surface area contributed by atoms with Crippen LogP contribution in [0.15, 0.2) is 84.4 Å². The molecule has 0 aromatic heterocycles. The summed E-state index contributed by atoms with van der Waals surface area (Å²) in [4.78, 5) is 0. The van der Waals surface area contributed by atoms with Crippen LogP contribution in [0.4, 0.5) is 0 Å². The van der Waals surface area contributed by atoms with Crippen molar-refractivity contribution >= 4 is 15.3 Å². The molecular weight excluding hydrogens is 612 g/mol. The van der Waals surface area contributed by atoms with Crippen molar-refractivity contribution in [1.82, 2.24) is 0 Å². The van der Waals surface area contributed by atoms with Crippen LogP contribution in [0.3, 0.4) is 0 Å². The first kappa shape index (κ1) is 30.7. The van der Waals surface area contributed by atoms with Crippen LogP contribution in [0.1, 0.15) is 98.3 Å². The molecule has 0 spiro atoms. The van der Waals surface area contributed by atoms with E-state index in [2.05, 4.69) is 146 Å². The molecule has 6 rings (SSSR count). The molecule has 0 saturated heterocycles. The minimum absolute atomic E-state index is 0.132. The van der Waals surface area contributed by atoms with Crippen LogP contribution in [0.2, 0.25) is 13.1 Å². The fraction of sp³-hybridized carbons (Fsp3) is 0.366. The van der Waals surface area contributed by atoms with Gasteiger partial charge in [-0.15, -0.1) is 0 Å². The van der Waals surface area contributed by atoms with E-state index in [0.29, 0.717) is 3.63 Å². The molecule has 0 N–H and O–H groups in total. The van der Waals surface area contributed by atoms with Crippen molar-refractivity contribution in [2.45, 2.75) is 95.3 Å². The molecule has 2 aliphatic rings. The quantitative estimate of drug-likeness (QED) is 0.159. The zero-order chi connectivity index (χ0) is 30.7. The number of fused-ring (bicyclic) bond motifs is 4. The van der Waals surface area contributed by atoms with Gasteiger partial charge in [0.2, 0.25) is 0 Å². The van der Waals surface area contributed by atoms with Gasteiger partial charge in [-0.2, -0.15) is 0 Å². The van der Waals surface area contributed by atoms with Gasteiger partial charge in [-0.25, -0.2) is 0 Å². The van der Waals surface area contributed by atoms with Gasteiger partial charge in [-0.05, 0) is 0 Å². The fourth-order valence-corrected chi connectivity index (χ4v) is 29.4. The van der Waals surface area contributed by atoms with Crippen LogP contribution in [0, 0.1) is 0 Å². The Morgan fingerprint density at radius 2 is 1.49 bits per heavy atom. The topological polar surface area (TPSA) is 0 Å². The van der Waals surface area contributed by atoms with Crippen LogP contribution in [0.5, 0.6) is 0 Å². The van der Waals surface area contributed by atoms with E-state index in [9.17, 15) is 0 Å². The average Bonchev–Trinajstić information content (AvgIpc) is 3.51. The number of benzene rings is 4. The third-order valence-corrected chi connectivity index (χ3v) is 29.9. The van der Waals surface area contributed by atoms with Crippen molar-refractivity contribution in [3.8, 4) is 22.3 Å². The summed E-state index contributed by atoms with van der Waals surface area (Å²) in [6, 6.07) is 30.7. The molecule has 0 nitrogen and oxygen atoms in total. The molecule has 4 aromatic rings. The normalized spacial score (nSPS) is 15.8. The molecule has 0 radical (unpaired) electrons. The molecule has 2 aliphatic carbocycles. The van der Waals surface area contributed by atoms with Crippen molar-refractivity contribution in [1.29, 1.82) is 0 Å². The number of rotatable bonds is 6. The molecule has 0 aliphatic heterocycles. The van der Waals surface area contributed by atoms with Crippen molar-refractivity contribution in [3.63, 3.8) is 0 Å². The molecule has 1 unspecified atom stereocenters. The Balaban J connectivity index is 1.57. The van der Waals surface area contributed by atoms with Crippen molar-refractivity contribution in [2.24, 2.45) is 0 Å². The van der Waals surface area contributed by atoms with Crippen molar-refractivity contribution in [3.05, 3.63) is 118 Å². The summed E-state index contributed by atoms with van der Waals surface area (Å²) in [7, 11) is 0. The fourth-order valence-electron chi connectivity index (χ4n) is 7.67. The van der Waals surface area contributed by atoms with Gasteiger partial charge in [0.1, 0.15) is 0 Å². The van der Waals surface area contributed by atoms with E-state index >= 15 is 0 Å². The molecule has 1 atom stereocenters. The minimum atomic E-state index is -2.28. The van der Waals surface area contributed by atoms with Crippen LogP contribution in [-0.4, -0.2) is 5.92 Å². The van der Waals surface area contributed by atoms with Gasteiger partial charge < -0.3 is 0 Å². The maximum atomic E-state index is 2.70. The van der Waals surface area contributed by atoms with E-state index < -0.39 is 26.8 Å². The zero-order valence-corrected chi connectivity index (χ0v) is 31.5. The number of hydrogen-bond donors (Lipinski definition) is 0. The van der Waals surface area contributed by atoms with Gasteiger partial charge in [0.25, 0.3) is 0 Å². The SMILES string of the molecule is CCCC1=Cc2c(-c3ccccc3)cccc2[CH]1[Zr]([c]1c(C(C)(C)C)ccc2c1Cc1cc(C(C)(C)C)ccc1-2)[SiH](C)C. The van der Waals surface area contributed by atoms with E-state index in [0.717, 1.165) is 6.42 Å². The predicted octanol–water partition coefficient (Wildman–Crippen LogP) is 10.7. The van der Waals surface area contributed by atoms with E-state index in [1.807, 2.05) is 3.27 Å². The molecule has 0 heterocycles. The standard InChI is InChI=1S/C21H25.C18H17.C2H7Si.Zr/c1-20(2,3)16-7-9-18-14(12-16)11-15-13-17(21(4,5)6)8-10-19(15)18;1-2-7-14-12-16-10-6-11-17(18(16)13-14)15-8-4-3-5-9-15;1-3-2;/h7-10,12H,11H2,1-6H3;3-6,8-13H,2,7H2,1H3;3H,1-2H3;. The summed E-state index contributed by atoms with van der Waals surface area (Å²) >= 11 is -2.28.